The molecular weight excluding hydrogens is 947 g/mol. The molecule has 6 heteroatoms. The Morgan fingerprint density at radius 1 is 0.351 bits per heavy atom. The maximum atomic E-state index is 12.5. The second kappa shape index (κ2) is 66.6. The molecule has 0 aliphatic rings. The highest BCUT2D eigenvalue weighted by atomic mass is 16.5. The van der Waals surface area contributed by atoms with E-state index < -0.39 is 12.1 Å². The van der Waals surface area contributed by atoms with Crippen LogP contribution < -0.4 is 5.32 Å². The van der Waals surface area contributed by atoms with E-state index in [1.165, 1.54) is 302 Å². The van der Waals surface area contributed by atoms with Crippen molar-refractivity contribution in [1.29, 1.82) is 0 Å². The second-order valence-electron chi connectivity index (χ2n) is 23.9. The van der Waals surface area contributed by atoms with Crippen LogP contribution in [0.5, 0.6) is 0 Å². The minimum absolute atomic E-state index is 0.000587. The van der Waals surface area contributed by atoms with Crippen molar-refractivity contribution in [3.63, 3.8) is 0 Å². The Hall–Kier alpha value is -1.92. The molecule has 454 valence electrons. The molecule has 0 saturated heterocycles. The van der Waals surface area contributed by atoms with E-state index in [0.717, 1.165) is 51.4 Å². The molecule has 2 atom stereocenters. The van der Waals surface area contributed by atoms with Gasteiger partial charge < -0.3 is 20.3 Å². The predicted octanol–water partition coefficient (Wildman–Crippen LogP) is 22.3. The normalized spacial score (nSPS) is 12.7. The van der Waals surface area contributed by atoms with Crippen molar-refractivity contribution in [3.8, 4) is 0 Å². The van der Waals surface area contributed by atoms with E-state index in [1.54, 1.807) is 6.08 Å². The fraction of sp³-hybridized carbons (Fsp3) is 0.887. The summed E-state index contributed by atoms with van der Waals surface area (Å²) < 4.78 is 5.47. The summed E-state index contributed by atoms with van der Waals surface area (Å²) >= 11 is 0. The first-order chi connectivity index (χ1) is 38.0. The molecule has 0 spiro atoms. The van der Waals surface area contributed by atoms with Gasteiger partial charge in [-0.25, -0.2) is 0 Å². The van der Waals surface area contributed by atoms with E-state index in [1.807, 2.05) is 6.08 Å². The van der Waals surface area contributed by atoms with Crippen LogP contribution in [0.25, 0.3) is 0 Å². The van der Waals surface area contributed by atoms with E-state index in [9.17, 15) is 19.8 Å². The summed E-state index contributed by atoms with van der Waals surface area (Å²) in [4.78, 5) is 24.6. The molecule has 0 aliphatic heterocycles. The van der Waals surface area contributed by atoms with Crippen molar-refractivity contribution < 1.29 is 24.5 Å². The first-order valence-corrected chi connectivity index (χ1v) is 34.8. The van der Waals surface area contributed by atoms with Gasteiger partial charge >= 0.3 is 5.97 Å². The summed E-state index contributed by atoms with van der Waals surface area (Å²) in [5.41, 5.74) is 0. The predicted molar refractivity (Wildman–Crippen MR) is 338 cm³/mol. The number of aliphatic hydroxyl groups is 2. The molecule has 0 aromatic carbocycles. The van der Waals surface area contributed by atoms with Crippen LogP contribution in [0, 0.1) is 0 Å². The van der Waals surface area contributed by atoms with E-state index in [4.69, 9.17) is 4.74 Å². The maximum Gasteiger partial charge on any atom is 0.305 e. The van der Waals surface area contributed by atoms with Crippen LogP contribution in [0.4, 0.5) is 0 Å². The molecule has 1 amide bonds. The number of esters is 1. The van der Waals surface area contributed by atoms with Gasteiger partial charge in [-0.1, -0.05) is 320 Å². The highest BCUT2D eigenvalue weighted by molar-refractivity contribution is 5.76. The third-order valence-corrected chi connectivity index (χ3v) is 16.1. The number of hydrogen-bond donors (Lipinski definition) is 3. The van der Waals surface area contributed by atoms with Gasteiger partial charge in [0.15, 0.2) is 0 Å². The first-order valence-electron chi connectivity index (χ1n) is 34.8. The van der Waals surface area contributed by atoms with Crippen molar-refractivity contribution in [1.82, 2.24) is 5.32 Å². The van der Waals surface area contributed by atoms with Crippen molar-refractivity contribution in [2.45, 2.75) is 392 Å². The molecule has 0 saturated carbocycles. The number of aliphatic hydroxyl groups excluding tert-OH is 2. The third kappa shape index (κ3) is 63.1. The Balaban J connectivity index is 3.45. The lowest BCUT2D eigenvalue weighted by molar-refractivity contribution is -0.143. The second-order valence-corrected chi connectivity index (χ2v) is 23.9. The molecule has 0 aliphatic carbocycles. The van der Waals surface area contributed by atoms with Gasteiger partial charge in [0.2, 0.25) is 5.91 Å². The average molecular weight is 1080 g/mol. The molecular formula is C71H135NO5. The Labute approximate surface area is 481 Å². The average Bonchev–Trinajstić information content (AvgIpc) is 3.43. The van der Waals surface area contributed by atoms with Crippen LogP contribution in [-0.2, 0) is 14.3 Å². The van der Waals surface area contributed by atoms with Crippen LogP contribution in [0.1, 0.15) is 380 Å². The van der Waals surface area contributed by atoms with Gasteiger partial charge in [0.1, 0.15) is 0 Å². The van der Waals surface area contributed by atoms with Gasteiger partial charge in [-0.3, -0.25) is 9.59 Å². The molecule has 0 bridgehead atoms. The van der Waals surface area contributed by atoms with E-state index >= 15 is 0 Å². The van der Waals surface area contributed by atoms with Crippen LogP contribution in [0.2, 0.25) is 0 Å². The fourth-order valence-corrected chi connectivity index (χ4v) is 10.8. The van der Waals surface area contributed by atoms with E-state index in [0.29, 0.717) is 19.4 Å². The number of hydrogen-bond acceptors (Lipinski definition) is 5. The molecule has 0 aromatic rings. The highest BCUT2D eigenvalue weighted by Crippen LogP contribution is 2.18. The van der Waals surface area contributed by atoms with Crippen molar-refractivity contribution in [3.05, 3.63) is 36.5 Å². The minimum Gasteiger partial charge on any atom is -0.466 e. The Morgan fingerprint density at radius 2 is 0.610 bits per heavy atom. The largest absolute Gasteiger partial charge is 0.466 e. The summed E-state index contributed by atoms with van der Waals surface area (Å²) in [6, 6.07) is -0.635. The van der Waals surface area contributed by atoms with Gasteiger partial charge in [-0.2, -0.15) is 0 Å². The standard InChI is InChI=1S/C71H135NO5/c1-3-5-7-9-11-13-15-17-18-19-20-21-22-23-24-27-30-33-36-40-43-47-51-55-59-63-69(74)68(67-73)72-70(75)64-60-56-52-48-44-41-37-34-31-28-25-26-29-32-35-38-42-46-50-54-58-62-66-77-71(76)65-61-57-53-49-45-39-16-14-12-10-8-6-4-2/h14,16,28,31,59,63,68-69,73-74H,3-13,15,17-27,29-30,32-58,60-62,64-67H2,1-2H3,(H,72,75)/b16-14-,31-28-,63-59+. The quantitative estimate of drug-likeness (QED) is 0.0320. The van der Waals surface area contributed by atoms with Crippen molar-refractivity contribution in [2.24, 2.45) is 0 Å². The molecule has 0 fully saturated rings. The summed E-state index contributed by atoms with van der Waals surface area (Å²) in [5.74, 6) is -0.0707. The highest BCUT2D eigenvalue weighted by Gasteiger charge is 2.18. The van der Waals surface area contributed by atoms with Crippen LogP contribution in [0.15, 0.2) is 36.5 Å². The molecule has 0 aromatic heterocycles. The lowest BCUT2D eigenvalue weighted by atomic mass is 10.0. The first kappa shape index (κ1) is 75.1. The number of carbonyl (C=O) groups is 2. The zero-order chi connectivity index (χ0) is 55.7. The number of nitrogens with one attached hydrogen (secondary N) is 1. The summed E-state index contributed by atoms with van der Waals surface area (Å²) in [6.45, 7) is 4.91. The summed E-state index contributed by atoms with van der Waals surface area (Å²) in [5, 5.41) is 23.3. The van der Waals surface area contributed by atoms with Gasteiger partial charge in [0.25, 0.3) is 0 Å². The lowest BCUT2D eigenvalue weighted by Gasteiger charge is -2.20. The van der Waals surface area contributed by atoms with Crippen molar-refractivity contribution in [2.75, 3.05) is 13.2 Å². The lowest BCUT2D eigenvalue weighted by Crippen LogP contribution is -2.45. The molecule has 6 nitrogen and oxygen atoms in total. The molecule has 0 heterocycles. The molecule has 3 N–H and O–H groups in total. The zero-order valence-electron chi connectivity index (χ0n) is 52.0. The number of ether oxygens (including phenoxy) is 1. The molecule has 77 heavy (non-hydrogen) atoms. The number of rotatable bonds is 65. The molecule has 0 radical (unpaired) electrons. The summed E-state index contributed by atoms with van der Waals surface area (Å²) in [7, 11) is 0. The SMILES string of the molecule is CCCCCC/C=C\CCCCCCCC(=O)OCCCCCCCCCCCCC/C=C\CCCCCCCCCC(=O)NC(CO)C(O)/C=C/CCCCCCCCCCCCCCCCCCCCCCCCC. The maximum absolute atomic E-state index is 12.5. The van der Waals surface area contributed by atoms with Gasteiger partial charge in [-0.05, 0) is 83.5 Å². The molecule has 0 rings (SSSR count). The fourth-order valence-electron chi connectivity index (χ4n) is 10.8. The Morgan fingerprint density at radius 3 is 0.935 bits per heavy atom. The monoisotopic (exact) mass is 1080 g/mol. The molecule has 2 unspecified atom stereocenters. The van der Waals surface area contributed by atoms with Crippen molar-refractivity contribution >= 4 is 11.9 Å². The van der Waals surface area contributed by atoms with Gasteiger partial charge in [0.05, 0.1) is 25.4 Å². The summed E-state index contributed by atoms with van der Waals surface area (Å²) in [6.07, 6.45) is 85.0. The van der Waals surface area contributed by atoms with Crippen LogP contribution >= 0.6 is 0 Å². The minimum atomic E-state index is -0.851. The van der Waals surface area contributed by atoms with Gasteiger partial charge in [-0.15, -0.1) is 0 Å². The van der Waals surface area contributed by atoms with E-state index in [2.05, 4.69) is 43.5 Å². The smallest absolute Gasteiger partial charge is 0.305 e. The number of amides is 1. The third-order valence-electron chi connectivity index (χ3n) is 16.1. The number of carbonyl (C=O) groups excluding carboxylic acids is 2. The zero-order valence-corrected chi connectivity index (χ0v) is 52.0. The number of unbranched alkanes of at least 4 members (excludes halogenated alkanes) is 50. The Kier molecular flexibility index (Phi) is 64.9. The van der Waals surface area contributed by atoms with Gasteiger partial charge in [0, 0.05) is 12.8 Å². The van der Waals surface area contributed by atoms with Crippen LogP contribution in [0.3, 0.4) is 0 Å². The van der Waals surface area contributed by atoms with Crippen LogP contribution in [-0.4, -0.2) is 47.4 Å². The van der Waals surface area contributed by atoms with E-state index in [-0.39, 0.29) is 18.5 Å². The topological polar surface area (TPSA) is 95.9 Å². The Bertz CT molecular complexity index is 1250. The number of allylic oxidation sites excluding steroid dienone is 5.